The molecule has 0 heterocycles. The lowest BCUT2D eigenvalue weighted by molar-refractivity contribution is 0.0425. The number of hydrogen-bond donors (Lipinski definition) is 1. The first-order chi connectivity index (χ1) is 7.20. The standard InChI is InChI=1S/C13H28N2/c1-5-9-14-10-12-7-8-13(12)15(6-2)11(3)4/h11-14H,5-10H2,1-4H3. The van der Waals surface area contributed by atoms with Crippen molar-refractivity contribution in [3.63, 3.8) is 0 Å². The maximum Gasteiger partial charge on any atom is 0.0138 e. The Hall–Kier alpha value is -0.0800. The first-order valence-electron chi connectivity index (χ1n) is 6.67. The molecule has 0 aromatic rings. The van der Waals surface area contributed by atoms with Gasteiger partial charge in [-0.1, -0.05) is 13.8 Å². The third-order valence-electron chi connectivity index (χ3n) is 3.67. The summed E-state index contributed by atoms with van der Waals surface area (Å²) in [6.45, 7) is 12.8. The van der Waals surface area contributed by atoms with Crippen LogP contribution in [0.2, 0.25) is 0 Å². The molecule has 2 unspecified atom stereocenters. The second-order valence-electron chi connectivity index (χ2n) is 5.03. The zero-order valence-corrected chi connectivity index (χ0v) is 10.9. The molecule has 1 aliphatic rings. The Bertz CT molecular complexity index is 168. The van der Waals surface area contributed by atoms with Crippen LogP contribution in [0.15, 0.2) is 0 Å². The topological polar surface area (TPSA) is 15.3 Å². The summed E-state index contributed by atoms with van der Waals surface area (Å²) in [6.07, 6.45) is 4.08. The monoisotopic (exact) mass is 212 g/mol. The summed E-state index contributed by atoms with van der Waals surface area (Å²) >= 11 is 0. The fourth-order valence-corrected chi connectivity index (χ4v) is 2.67. The van der Waals surface area contributed by atoms with Gasteiger partial charge < -0.3 is 5.32 Å². The van der Waals surface area contributed by atoms with Crippen molar-refractivity contribution in [1.29, 1.82) is 0 Å². The van der Waals surface area contributed by atoms with Crippen LogP contribution >= 0.6 is 0 Å². The van der Waals surface area contributed by atoms with Crippen LogP contribution in [0.3, 0.4) is 0 Å². The number of hydrogen-bond acceptors (Lipinski definition) is 2. The summed E-state index contributed by atoms with van der Waals surface area (Å²) in [5, 5.41) is 3.56. The molecule has 15 heavy (non-hydrogen) atoms. The van der Waals surface area contributed by atoms with Gasteiger partial charge in [-0.05, 0) is 58.7 Å². The summed E-state index contributed by atoms with van der Waals surface area (Å²) in [7, 11) is 0. The van der Waals surface area contributed by atoms with Crippen LogP contribution in [0.1, 0.15) is 47.0 Å². The van der Waals surface area contributed by atoms with Crippen LogP contribution in [0, 0.1) is 5.92 Å². The van der Waals surface area contributed by atoms with Crippen molar-refractivity contribution < 1.29 is 0 Å². The van der Waals surface area contributed by atoms with Gasteiger partial charge >= 0.3 is 0 Å². The summed E-state index contributed by atoms with van der Waals surface area (Å²) < 4.78 is 0. The Kier molecular flexibility index (Phi) is 5.62. The SMILES string of the molecule is CCCNCC1CCC1N(CC)C(C)C. The zero-order valence-electron chi connectivity index (χ0n) is 10.9. The summed E-state index contributed by atoms with van der Waals surface area (Å²) in [5.74, 6) is 0.902. The number of nitrogens with zero attached hydrogens (tertiary/aromatic N) is 1. The van der Waals surface area contributed by atoms with Crippen LogP contribution in [0.4, 0.5) is 0 Å². The van der Waals surface area contributed by atoms with Gasteiger partial charge in [0.05, 0.1) is 0 Å². The second kappa shape index (κ2) is 6.49. The Morgan fingerprint density at radius 3 is 2.40 bits per heavy atom. The summed E-state index contributed by atoms with van der Waals surface area (Å²) in [4.78, 5) is 2.65. The van der Waals surface area contributed by atoms with Crippen molar-refractivity contribution in [1.82, 2.24) is 10.2 Å². The van der Waals surface area contributed by atoms with E-state index in [4.69, 9.17) is 0 Å². The van der Waals surface area contributed by atoms with E-state index in [1.54, 1.807) is 0 Å². The molecule has 1 fully saturated rings. The highest BCUT2D eigenvalue weighted by Gasteiger charge is 2.35. The van der Waals surface area contributed by atoms with Gasteiger partial charge in [0.15, 0.2) is 0 Å². The van der Waals surface area contributed by atoms with Gasteiger partial charge in [-0.15, -0.1) is 0 Å². The Morgan fingerprint density at radius 1 is 1.27 bits per heavy atom. The smallest absolute Gasteiger partial charge is 0.0138 e. The Labute approximate surface area is 95.4 Å². The minimum atomic E-state index is 0.703. The molecule has 2 heteroatoms. The molecule has 2 nitrogen and oxygen atoms in total. The van der Waals surface area contributed by atoms with Crippen LogP contribution in [0.25, 0.3) is 0 Å². The van der Waals surface area contributed by atoms with E-state index in [1.807, 2.05) is 0 Å². The summed E-state index contributed by atoms with van der Waals surface area (Å²) in [6, 6.07) is 1.55. The van der Waals surface area contributed by atoms with Crippen molar-refractivity contribution >= 4 is 0 Å². The van der Waals surface area contributed by atoms with Gasteiger partial charge in [0.25, 0.3) is 0 Å². The van der Waals surface area contributed by atoms with Gasteiger partial charge in [0, 0.05) is 12.1 Å². The van der Waals surface area contributed by atoms with E-state index in [9.17, 15) is 0 Å². The van der Waals surface area contributed by atoms with Crippen molar-refractivity contribution in [2.75, 3.05) is 19.6 Å². The fraction of sp³-hybridized carbons (Fsp3) is 1.00. The van der Waals surface area contributed by atoms with E-state index >= 15 is 0 Å². The van der Waals surface area contributed by atoms with Crippen LogP contribution in [-0.2, 0) is 0 Å². The van der Waals surface area contributed by atoms with Gasteiger partial charge in [-0.25, -0.2) is 0 Å². The van der Waals surface area contributed by atoms with E-state index in [-0.39, 0.29) is 0 Å². The third kappa shape index (κ3) is 3.46. The van der Waals surface area contributed by atoms with E-state index in [0.29, 0.717) is 6.04 Å². The van der Waals surface area contributed by atoms with Gasteiger partial charge in [-0.3, -0.25) is 4.90 Å². The molecule has 1 N–H and O–H groups in total. The Balaban J connectivity index is 2.29. The molecule has 1 rings (SSSR count). The molecule has 1 aliphatic carbocycles. The number of rotatable bonds is 7. The molecule has 0 aliphatic heterocycles. The van der Waals surface area contributed by atoms with E-state index < -0.39 is 0 Å². The molecule has 0 amide bonds. The zero-order chi connectivity index (χ0) is 11.3. The molecule has 0 bridgehead atoms. The summed E-state index contributed by atoms with van der Waals surface area (Å²) in [5.41, 5.74) is 0. The highest BCUT2D eigenvalue weighted by molar-refractivity contribution is 4.90. The average Bonchev–Trinajstić information content (AvgIpc) is 2.18. The van der Waals surface area contributed by atoms with E-state index in [2.05, 4.69) is 37.9 Å². The maximum atomic E-state index is 3.56. The second-order valence-corrected chi connectivity index (χ2v) is 5.03. The molecule has 2 atom stereocenters. The van der Waals surface area contributed by atoms with Crippen LogP contribution in [0.5, 0.6) is 0 Å². The van der Waals surface area contributed by atoms with Gasteiger partial charge in [0.1, 0.15) is 0 Å². The Morgan fingerprint density at radius 2 is 2.00 bits per heavy atom. The van der Waals surface area contributed by atoms with E-state index in [0.717, 1.165) is 12.0 Å². The highest BCUT2D eigenvalue weighted by atomic mass is 15.2. The van der Waals surface area contributed by atoms with Crippen molar-refractivity contribution in [3.8, 4) is 0 Å². The fourth-order valence-electron chi connectivity index (χ4n) is 2.67. The van der Waals surface area contributed by atoms with Crippen LogP contribution < -0.4 is 5.32 Å². The maximum absolute atomic E-state index is 3.56. The molecule has 1 saturated carbocycles. The van der Waals surface area contributed by atoms with Crippen molar-refractivity contribution in [3.05, 3.63) is 0 Å². The minimum Gasteiger partial charge on any atom is -0.316 e. The quantitative estimate of drug-likeness (QED) is 0.652. The third-order valence-corrected chi connectivity index (χ3v) is 3.67. The van der Waals surface area contributed by atoms with Crippen LogP contribution in [-0.4, -0.2) is 36.6 Å². The lowest BCUT2D eigenvalue weighted by Gasteiger charge is -2.46. The van der Waals surface area contributed by atoms with Gasteiger partial charge in [0.2, 0.25) is 0 Å². The van der Waals surface area contributed by atoms with Crippen molar-refractivity contribution in [2.24, 2.45) is 5.92 Å². The molecule has 0 spiro atoms. The highest BCUT2D eigenvalue weighted by Crippen LogP contribution is 2.32. The molecule has 90 valence electrons. The molecule has 0 aromatic heterocycles. The first-order valence-corrected chi connectivity index (χ1v) is 6.67. The van der Waals surface area contributed by atoms with Gasteiger partial charge in [-0.2, -0.15) is 0 Å². The van der Waals surface area contributed by atoms with Crippen molar-refractivity contribution in [2.45, 2.75) is 59.0 Å². The molecular weight excluding hydrogens is 184 g/mol. The lowest BCUT2D eigenvalue weighted by Crippen LogP contribution is -2.52. The predicted octanol–water partition coefficient (Wildman–Crippen LogP) is 2.49. The lowest BCUT2D eigenvalue weighted by atomic mass is 9.78. The molecule has 0 saturated heterocycles. The first kappa shape index (κ1) is 13.0. The minimum absolute atomic E-state index is 0.703. The normalized spacial score (nSPS) is 26.0. The largest absolute Gasteiger partial charge is 0.316 e. The molecular formula is C13H28N2. The molecule has 0 aromatic carbocycles. The number of nitrogens with one attached hydrogen (secondary N) is 1. The molecule has 0 radical (unpaired) electrons. The van der Waals surface area contributed by atoms with E-state index in [1.165, 1.54) is 38.9 Å². The predicted molar refractivity (Wildman–Crippen MR) is 67.2 cm³/mol. The average molecular weight is 212 g/mol.